The van der Waals surface area contributed by atoms with Gasteiger partial charge in [0.05, 0.1) is 5.60 Å². The smallest absolute Gasteiger partial charge is 0.0951 e. The Bertz CT molecular complexity index is 587. The van der Waals surface area contributed by atoms with Gasteiger partial charge in [0.25, 0.3) is 0 Å². The van der Waals surface area contributed by atoms with E-state index >= 15 is 0 Å². The van der Waals surface area contributed by atoms with Crippen LogP contribution in [0.3, 0.4) is 0 Å². The molecule has 0 saturated heterocycles. The van der Waals surface area contributed by atoms with Crippen molar-refractivity contribution in [2.24, 2.45) is 5.92 Å². The topological polar surface area (TPSA) is 45.2 Å². The van der Waals surface area contributed by atoms with Crippen molar-refractivity contribution in [3.8, 4) is 0 Å². The molecule has 1 saturated carbocycles. The molecule has 3 nitrogen and oxygen atoms in total. The monoisotopic (exact) mass is 310 g/mol. The zero-order valence-corrected chi connectivity index (χ0v) is 13.6. The van der Waals surface area contributed by atoms with E-state index in [9.17, 15) is 5.11 Å². The third-order valence-electron chi connectivity index (χ3n) is 5.02. The summed E-state index contributed by atoms with van der Waals surface area (Å²) in [5, 5.41) is 14.8. The van der Waals surface area contributed by atoms with Crippen LogP contribution in [0.25, 0.3) is 0 Å². The fraction of sp³-hybridized carbons (Fsp3) is 0.450. The number of aromatic nitrogens is 1. The summed E-state index contributed by atoms with van der Waals surface area (Å²) >= 11 is 0. The molecule has 2 unspecified atom stereocenters. The Morgan fingerprint density at radius 2 is 2.00 bits per heavy atom. The Kier molecular flexibility index (Phi) is 5.42. The first kappa shape index (κ1) is 16.2. The second-order valence-electron chi connectivity index (χ2n) is 6.55. The molecule has 3 heteroatoms. The van der Waals surface area contributed by atoms with Crippen LogP contribution >= 0.6 is 0 Å². The highest BCUT2D eigenvalue weighted by molar-refractivity contribution is 5.20. The summed E-state index contributed by atoms with van der Waals surface area (Å²) in [5.41, 5.74) is 1.59. The van der Waals surface area contributed by atoms with Gasteiger partial charge in [0.15, 0.2) is 0 Å². The van der Waals surface area contributed by atoms with Crippen LogP contribution in [0.4, 0.5) is 0 Å². The third-order valence-corrected chi connectivity index (χ3v) is 5.02. The minimum Gasteiger partial charge on any atom is -0.385 e. The molecule has 0 amide bonds. The van der Waals surface area contributed by atoms with Crippen LogP contribution in [0.1, 0.15) is 36.8 Å². The number of rotatable bonds is 6. The lowest BCUT2D eigenvalue weighted by atomic mass is 9.72. The Labute approximate surface area is 138 Å². The molecular formula is C20H26N2O. The van der Waals surface area contributed by atoms with Crippen LogP contribution < -0.4 is 5.32 Å². The molecule has 1 aromatic carbocycles. The van der Waals surface area contributed by atoms with E-state index in [0.717, 1.165) is 44.3 Å². The molecule has 2 atom stereocenters. The van der Waals surface area contributed by atoms with Gasteiger partial charge in [-0.1, -0.05) is 49.2 Å². The number of nitrogens with one attached hydrogen (secondary N) is 1. The predicted molar refractivity (Wildman–Crippen MR) is 93.1 cm³/mol. The zero-order valence-electron chi connectivity index (χ0n) is 13.6. The fourth-order valence-corrected chi connectivity index (χ4v) is 3.65. The van der Waals surface area contributed by atoms with Crippen LogP contribution in [0.2, 0.25) is 0 Å². The summed E-state index contributed by atoms with van der Waals surface area (Å²) in [6.07, 6.45) is 8.82. The van der Waals surface area contributed by atoms with Gasteiger partial charge in [-0.15, -0.1) is 0 Å². The first-order chi connectivity index (χ1) is 11.3. The van der Waals surface area contributed by atoms with Crippen molar-refractivity contribution in [1.82, 2.24) is 10.3 Å². The van der Waals surface area contributed by atoms with E-state index in [4.69, 9.17) is 0 Å². The third kappa shape index (κ3) is 3.98. The van der Waals surface area contributed by atoms with Gasteiger partial charge in [0, 0.05) is 30.4 Å². The standard InChI is InChI=1S/C20H26N2O/c23-20(19-10-6-13-21-15-19)12-5-4-9-18(20)16-22-14-11-17-7-2-1-3-8-17/h1-3,6-8,10,13,15,18,22-23H,4-5,9,11-12,14,16H2. The number of benzene rings is 1. The predicted octanol–water partition coefficient (Wildman–Crippen LogP) is 3.29. The maximum atomic E-state index is 11.2. The lowest BCUT2D eigenvalue weighted by Gasteiger charge is -2.40. The van der Waals surface area contributed by atoms with Crippen molar-refractivity contribution in [2.45, 2.75) is 37.7 Å². The van der Waals surface area contributed by atoms with E-state index in [2.05, 4.69) is 34.6 Å². The second kappa shape index (κ2) is 7.71. The van der Waals surface area contributed by atoms with E-state index in [-0.39, 0.29) is 5.92 Å². The summed E-state index contributed by atoms with van der Waals surface area (Å²) in [4.78, 5) is 4.20. The van der Waals surface area contributed by atoms with Gasteiger partial charge >= 0.3 is 0 Å². The van der Waals surface area contributed by atoms with Crippen molar-refractivity contribution in [3.63, 3.8) is 0 Å². The molecule has 1 aliphatic rings. The minimum atomic E-state index is -0.730. The molecule has 1 aromatic heterocycles. The van der Waals surface area contributed by atoms with Gasteiger partial charge < -0.3 is 10.4 Å². The highest BCUT2D eigenvalue weighted by Gasteiger charge is 2.40. The Hall–Kier alpha value is -1.71. The normalized spacial score (nSPS) is 24.5. The first-order valence-electron chi connectivity index (χ1n) is 8.66. The highest BCUT2D eigenvalue weighted by Crippen LogP contribution is 2.41. The lowest BCUT2D eigenvalue weighted by Crippen LogP contribution is -2.43. The summed E-state index contributed by atoms with van der Waals surface area (Å²) in [5.74, 6) is 0.260. The van der Waals surface area contributed by atoms with Crippen molar-refractivity contribution in [1.29, 1.82) is 0 Å². The molecule has 1 aliphatic carbocycles. The van der Waals surface area contributed by atoms with Crippen LogP contribution in [0.5, 0.6) is 0 Å². The van der Waals surface area contributed by atoms with Crippen molar-refractivity contribution in [3.05, 3.63) is 66.0 Å². The molecule has 2 N–H and O–H groups in total. The molecule has 1 fully saturated rings. The van der Waals surface area contributed by atoms with E-state index < -0.39 is 5.60 Å². The van der Waals surface area contributed by atoms with Crippen LogP contribution in [-0.2, 0) is 12.0 Å². The SMILES string of the molecule is OC1(c2cccnc2)CCCCC1CNCCc1ccccc1. The molecule has 0 bridgehead atoms. The molecule has 0 spiro atoms. The van der Waals surface area contributed by atoms with Crippen LogP contribution in [0, 0.1) is 5.92 Å². The average molecular weight is 310 g/mol. The molecular weight excluding hydrogens is 284 g/mol. The van der Waals surface area contributed by atoms with E-state index in [1.54, 1.807) is 6.20 Å². The van der Waals surface area contributed by atoms with Crippen LogP contribution in [0.15, 0.2) is 54.9 Å². The summed E-state index contributed by atoms with van der Waals surface area (Å²) < 4.78 is 0. The molecule has 23 heavy (non-hydrogen) atoms. The van der Waals surface area contributed by atoms with Gasteiger partial charge in [0.1, 0.15) is 0 Å². The van der Waals surface area contributed by atoms with Crippen molar-refractivity contribution in [2.75, 3.05) is 13.1 Å². The maximum Gasteiger partial charge on any atom is 0.0951 e. The quantitative estimate of drug-likeness (QED) is 0.805. The molecule has 122 valence electrons. The molecule has 1 heterocycles. The molecule has 0 aliphatic heterocycles. The Balaban J connectivity index is 1.57. The number of aliphatic hydroxyl groups is 1. The second-order valence-corrected chi connectivity index (χ2v) is 6.55. The Morgan fingerprint density at radius 1 is 1.13 bits per heavy atom. The van der Waals surface area contributed by atoms with Crippen molar-refractivity contribution >= 4 is 0 Å². The fourth-order valence-electron chi connectivity index (χ4n) is 3.65. The van der Waals surface area contributed by atoms with Gasteiger partial charge in [-0.05, 0) is 37.4 Å². The van der Waals surface area contributed by atoms with Crippen LogP contribution in [-0.4, -0.2) is 23.2 Å². The molecule has 2 aromatic rings. The van der Waals surface area contributed by atoms with Gasteiger partial charge in [-0.25, -0.2) is 0 Å². The number of hydrogen-bond donors (Lipinski definition) is 2. The zero-order chi connectivity index (χ0) is 16.0. The van der Waals surface area contributed by atoms with Crippen molar-refractivity contribution < 1.29 is 5.11 Å². The van der Waals surface area contributed by atoms with E-state index in [0.29, 0.717) is 0 Å². The molecule has 3 rings (SSSR count). The van der Waals surface area contributed by atoms with Gasteiger partial charge in [-0.3, -0.25) is 4.98 Å². The average Bonchev–Trinajstić information content (AvgIpc) is 2.62. The van der Waals surface area contributed by atoms with E-state index in [1.807, 2.05) is 24.4 Å². The van der Waals surface area contributed by atoms with E-state index in [1.165, 1.54) is 12.0 Å². The summed E-state index contributed by atoms with van der Waals surface area (Å²) in [6, 6.07) is 14.5. The number of nitrogens with zero attached hydrogens (tertiary/aromatic N) is 1. The number of hydrogen-bond acceptors (Lipinski definition) is 3. The summed E-state index contributed by atoms with van der Waals surface area (Å²) in [7, 11) is 0. The molecule has 0 radical (unpaired) electrons. The largest absolute Gasteiger partial charge is 0.385 e. The highest BCUT2D eigenvalue weighted by atomic mass is 16.3. The van der Waals surface area contributed by atoms with Gasteiger partial charge in [-0.2, -0.15) is 0 Å². The lowest BCUT2D eigenvalue weighted by molar-refractivity contribution is -0.0537. The Morgan fingerprint density at radius 3 is 2.78 bits per heavy atom. The minimum absolute atomic E-state index is 0.260. The first-order valence-corrected chi connectivity index (χ1v) is 8.66. The summed E-state index contributed by atoms with van der Waals surface area (Å²) in [6.45, 7) is 1.81. The number of pyridine rings is 1. The maximum absolute atomic E-state index is 11.2. The van der Waals surface area contributed by atoms with Gasteiger partial charge in [0.2, 0.25) is 0 Å².